The first kappa shape index (κ1) is 14.1. The quantitative estimate of drug-likeness (QED) is 0.731. The van der Waals surface area contributed by atoms with E-state index in [1.807, 2.05) is 0 Å². The van der Waals surface area contributed by atoms with Crippen LogP contribution < -0.4 is 5.73 Å². The number of nitrogens with two attached hydrogens (primary N) is 1. The lowest BCUT2D eigenvalue weighted by molar-refractivity contribution is 0.490. The maximum Gasteiger partial charge on any atom is 0.164 e. The summed E-state index contributed by atoms with van der Waals surface area (Å²) in [6, 6.07) is 8.33. The number of aryl methyl sites for hydroxylation is 1. The van der Waals surface area contributed by atoms with E-state index in [9.17, 15) is 13.2 Å². The zero-order valence-corrected chi connectivity index (χ0v) is 12.0. The molecule has 3 aromatic rings. The number of hydrogen-bond donors (Lipinski definition) is 1. The van der Waals surface area contributed by atoms with E-state index in [1.54, 1.807) is 12.1 Å². The van der Waals surface area contributed by atoms with Gasteiger partial charge in [-0.1, -0.05) is 12.1 Å². The summed E-state index contributed by atoms with van der Waals surface area (Å²) in [6.45, 7) is 1.50. The van der Waals surface area contributed by atoms with Crippen molar-refractivity contribution in [1.29, 1.82) is 0 Å². The van der Waals surface area contributed by atoms with Crippen molar-refractivity contribution >= 4 is 21.4 Å². The van der Waals surface area contributed by atoms with Crippen LogP contribution in [0.1, 0.15) is 22.0 Å². The van der Waals surface area contributed by atoms with Gasteiger partial charge >= 0.3 is 0 Å². The number of rotatable bonds is 2. The molecule has 0 fully saturated rings. The van der Waals surface area contributed by atoms with E-state index in [2.05, 4.69) is 0 Å². The van der Waals surface area contributed by atoms with Crippen LogP contribution in [0.2, 0.25) is 0 Å². The number of fused-ring (bicyclic) bond motifs is 1. The SMILES string of the molecule is Cc1ccc(C(N)c2cc3cc(F)ccc3s2)c(F)c1F. The highest BCUT2D eigenvalue weighted by Gasteiger charge is 2.19. The van der Waals surface area contributed by atoms with Crippen molar-refractivity contribution in [3.63, 3.8) is 0 Å². The fourth-order valence-corrected chi connectivity index (χ4v) is 3.31. The number of hydrogen-bond acceptors (Lipinski definition) is 2. The van der Waals surface area contributed by atoms with E-state index in [4.69, 9.17) is 5.73 Å². The predicted molar refractivity (Wildman–Crippen MR) is 78.9 cm³/mol. The molecule has 0 aliphatic carbocycles. The van der Waals surface area contributed by atoms with Crippen LogP contribution >= 0.6 is 11.3 Å². The van der Waals surface area contributed by atoms with Gasteiger partial charge in [0.25, 0.3) is 0 Å². The summed E-state index contributed by atoms with van der Waals surface area (Å²) in [5.74, 6) is -2.14. The second-order valence-corrected chi connectivity index (χ2v) is 6.02. The summed E-state index contributed by atoms with van der Waals surface area (Å²) in [5, 5.41) is 0.707. The molecule has 5 heteroatoms. The molecule has 1 heterocycles. The molecule has 2 N–H and O–H groups in total. The van der Waals surface area contributed by atoms with Crippen molar-refractivity contribution in [2.24, 2.45) is 5.73 Å². The highest BCUT2D eigenvalue weighted by atomic mass is 32.1. The van der Waals surface area contributed by atoms with Crippen LogP contribution in [0, 0.1) is 24.4 Å². The predicted octanol–water partition coefficient (Wildman–Crippen LogP) is 4.68. The maximum atomic E-state index is 14.0. The van der Waals surface area contributed by atoms with Crippen LogP contribution in [-0.2, 0) is 0 Å². The number of halogens is 3. The average molecular weight is 307 g/mol. The molecule has 0 saturated carbocycles. The molecule has 0 radical (unpaired) electrons. The van der Waals surface area contributed by atoms with Gasteiger partial charge in [0.1, 0.15) is 5.82 Å². The van der Waals surface area contributed by atoms with Gasteiger partial charge < -0.3 is 5.73 Å². The number of benzene rings is 2. The summed E-state index contributed by atoms with van der Waals surface area (Å²) in [6.07, 6.45) is 0. The lowest BCUT2D eigenvalue weighted by atomic mass is 10.0. The van der Waals surface area contributed by atoms with Gasteiger partial charge in [-0.05, 0) is 42.1 Å². The molecular weight excluding hydrogens is 295 g/mol. The van der Waals surface area contributed by atoms with Crippen LogP contribution in [0.3, 0.4) is 0 Å². The molecule has 1 atom stereocenters. The Balaban J connectivity index is 2.08. The topological polar surface area (TPSA) is 26.0 Å². The van der Waals surface area contributed by atoms with E-state index < -0.39 is 17.7 Å². The van der Waals surface area contributed by atoms with Crippen molar-refractivity contribution in [2.45, 2.75) is 13.0 Å². The van der Waals surface area contributed by atoms with Crippen molar-refractivity contribution in [3.8, 4) is 0 Å². The molecule has 0 aliphatic heterocycles. The fourth-order valence-electron chi connectivity index (χ4n) is 2.24. The van der Waals surface area contributed by atoms with Gasteiger partial charge in [0, 0.05) is 15.1 Å². The molecule has 108 valence electrons. The van der Waals surface area contributed by atoms with E-state index in [0.717, 1.165) is 4.70 Å². The Morgan fingerprint density at radius 2 is 1.76 bits per heavy atom. The zero-order valence-electron chi connectivity index (χ0n) is 11.2. The Bertz CT molecular complexity index is 826. The number of thiophene rings is 1. The summed E-state index contributed by atoms with van der Waals surface area (Å²) >= 11 is 1.35. The van der Waals surface area contributed by atoms with E-state index in [-0.39, 0.29) is 16.9 Å². The summed E-state index contributed by atoms with van der Waals surface area (Å²) in [4.78, 5) is 0.665. The molecular formula is C16H12F3NS. The second kappa shape index (κ2) is 5.16. The standard InChI is InChI=1S/C16H12F3NS/c1-8-2-4-11(15(19)14(8)18)16(20)13-7-9-6-10(17)3-5-12(9)21-13/h2-7,16H,20H2,1H3. The monoisotopic (exact) mass is 307 g/mol. The minimum absolute atomic E-state index is 0.102. The molecule has 0 amide bonds. The highest BCUT2D eigenvalue weighted by Crippen LogP contribution is 2.33. The molecule has 1 unspecified atom stereocenters. The molecule has 2 aromatic carbocycles. The van der Waals surface area contributed by atoms with Gasteiger partial charge in [-0.25, -0.2) is 13.2 Å². The molecule has 1 nitrogen and oxygen atoms in total. The second-order valence-electron chi connectivity index (χ2n) is 4.91. The van der Waals surface area contributed by atoms with Crippen molar-refractivity contribution < 1.29 is 13.2 Å². The molecule has 1 aromatic heterocycles. The van der Waals surface area contributed by atoms with Crippen LogP contribution in [0.25, 0.3) is 10.1 Å². The summed E-state index contributed by atoms with van der Waals surface area (Å²) in [5.41, 5.74) is 6.39. The normalized spacial score (nSPS) is 12.8. The van der Waals surface area contributed by atoms with Crippen LogP contribution in [0.5, 0.6) is 0 Å². The van der Waals surface area contributed by atoms with Gasteiger partial charge in [-0.2, -0.15) is 0 Å². The van der Waals surface area contributed by atoms with Crippen molar-refractivity contribution in [2.75, 3.05) is 0 Å². The van der Waals surface area contributed by atoms with E-state index in [0.29, 0.717) is 10.3 Å². The van der Waals surface area contributed by atoms with Gasteiger partial charge in [-0.15, -0.1) is 11.3 Å². The first-order valence-corrected chi connectivity index (χ1v) is 7.18. The van der Waals surface area contributed by atoms with Gasteiger partial charge in [0.05, 0.1) is 6.04 Å². The Hall–Kier alpha value is -1.85. The largest absolute Gasteiger partial charge is 0.320 e. The molecule has 0 bridgehead atoms. The molecule has 0 saturated heterocycles. The van der Waals surface area contributed by atoms with Gasteiger partial charge in [-0.3, -0.25) is 0 Å². The third-order valence-corrected chi connectivity index (χ3v) is 4.64. The Kier molecular flexibility index (Phi) is 3.47. The minimum Gasteiger partial charge on any atom is -0.320 e. The molecule has 3 rings (SSSR count). The smallest absolute Gasteiger partial charge is 0.164 e. The average Bonchev–Trinajstić information content (AvgIpc) is 2.87. The minimum atomic E-state index is -0.925. The summed E-state index contributed by atoms with van der Waals surface area (Å²) in [7, 11) is 0. The lowest BCUT2D eigenvalue weighted by Crippen LogP contribution is -2.13. The molecule has 0 spiro atoms. The molecule has 21 heavy (non-hydrogen) atoms. The van der Waals surface area contributed by atoms with Crippen LogP contribution in [0.4, 0.5) is 13.2 Å². The van der Waals surface area contributed by atoms with E-state index in [1.165, 1.54) is 42.5 Å². The Labute approximate surface area is 123 Å². The fraction of sp³-hybridized carbons (Fsp3) is 0.125. The third kappa shape index (κ3) is 2.43. The van der Waals surface area contributed by atoms with Crippen LogP contribution in [-0.4, -0.2) is 0 Å². The van der Waals surface area contributed by atoms with Crippen molar-refractivity contribution in [1.82, 2.24) is 0 Å². The third-order valence-electron chi connectivity index (χ3n) is 3.44. The first-order valence-electron chi connectivity index (χ1n) is 6.36. The van der Waals surface area contributed by atoms with Crippen LogP contribution in [0.15, 0.2) is 36.4 Å². The van der Waals surface area contributed by atoms with Crippen molar-refractivity contribution in [3.05, 3.63) is 69.9 Å². The highest BCUT2D eigenvalue weighted by molar-refractivity contribution is 7.19. The summed E-state index contributed by atoms with van der Waals surface area (Å²) < 4.78 is 41.7. The van der Waals surface area contributed by atoms with Gasteiger partial charge in [0.2, 0.25) is 0 Å². The first-order chi connectivity index (χ1) is 9.97. The zero-order chi connectivity index (χ0) is 15.1. The Morgan fingerprint density at radius 1 is 1.00 bits per heavy atom. The van der Waals surface area contributed by atoms with Gasteiger partial charge in [0.15, 0.2) is 11.6 Å². The lowest BCUT2D eigenvalue weighted by Gasteiger charge is -2.12. The molecule has 0 aliphatic rings. The Morgan fingerprint density at radius 3 is 2.52 bits per heavy atom. The maximum absolute atomic E-state index is 14.0. The van der Waals surface area contributed by atoms with E-state index >= 15 is 0 Å².